The van der Waals surface area contributed by atoms with Crippen LogP contribution in [0.25, 0.3) is 5.57 Å². The Morgan fingerprint density at radius 2 is 1.76 bits per heavy atom. The molecule has 1 heteroatoms. The van der Waals surface area contributed by atoms with E-state index in [-0.39, 0.29) is 0 Å². The first kappa shape index (κ1) is 13.4. The molecule has 1 aliphatic heterocycles. The SMILES string of the molecule is C=C1/C=C\C=C(\Cc2ccccc2C)Oc2ccccc21. The topological polar surface area (TPSA) is 9.23 Å². The van der Waals surface area contributed by atoms with E-state index in [1.165, 1.54) is 11.1 Å². The van der Waals surface area contributed by atoms with Gasteiger partial charge in [-0.3, -0.25) is 0 Å². The average molecular weight is 274 g/mol. The standard InChI is InChI=1S/C20H18O/c1-15-8-3-4-10-17(15)14-18-11-7-9-16(2)19-12-5-6-13-20(19)21-18/h3-13H,2,14H2,1H3/b9-7-,18-11-. The first-order chi connectivity index (χ1) is 10.2. The summed E-state index contributed by atoms with van der Waals surface area (Å²) in [5.74, 6) is 1.81. The van der Waals surface area contributed by atoms with Crippen molar-refractivity contribution in [1.29, 1.82) is 0 Å². The highest BCUT2D eigenvalue weighted by atomic mass is 16.5. The third kappa shape index (κ3) is 2.97. The molecule has 3 rings (SSSR count). The Morgan fingerprint density at radius 3 is 2.62 bits per heavy atom. The average Bonchev–Trinajstić information content (AvgIpc) is 2.48. The fraction of sp³-hybridized carbons (Fsp3) is 0.100. The number of hydrogen-bond donors (Lipinski definition) is 0. The van der Waals surface area contributed by atoms with Crippen molar-refractivity contribution >= 4 is 5.57 Å². The van der Waals surface area contributed by atoms with Crippen LogP contribution in [0, 0.1) is 6.92 Å². The molecule has 0 N–H and O–H groups in total. The van der Waals surface area contributed by atoms with E-state index in [0.29, 0.717) is 0 Å². The second kappa shape index (κ2) is 5.84. The van der Waals surface area contributed by atoms with Gasteiger partial charge >= 0.3 is 0 Å². The van der Waals surface area contributed by atoms with Crippen LogP contribution in [0.5, 0.6) is 5.75 Å². The Balaban J connectivity index is 1.94. The van der Waals surface area contributed by atoms with Gasteiger partial charge in [0.15, 0.2) is 0 Å². The number of aryl methyl sites for hydroxylation is 1. The molecule has 21 heavy (non-hydrogen) atoms. The van der Waals surface area contributed by atoms with Crippen molar-refractivity contribution in [2.24, 2.45) is 0 Å². The van der Waals surface area contributed by atoms with Crippen LogP contribution in [0.3, 0.4) is 0 Å². The number of fused-ring (bicyclic) bond motifs is 1. The van der Waals surface area contributed by atoms with Gasteiger partial charge in [-0.1, -0.05) is 61.2 Å². The molecule has 0 amide bonds. The van der Waals surface area contributed by atoms with Crippen molar-refractivity contribution in [3.05, 3.63) is 95.8 Å². The van der Waals surface area contributed by atoms with E-state index >= 15 is 0 Å². The normalized spacial score (nSPS) is 17.8. The lowest BCUT2D eigenvalue weighted by atomic mass is 10.0. The Bertz CT molecular complexity index is 735. The number of benzene rings is 2. The fourth-order valence-electron chi connectivity index (χ4n) is 2.45. The van der Waals surface area contributed by atoms with Crippen LogP contribution in [0.15, 0.2) is 79.1 Å². The summed E-state index contributed by atoms with van der Waals surface area (Å²) in [6.07, 6.45) is 6.84. The lowest BCUT2D eigenvalue weighted by Gasteiger charge is -2.16. The lowest BCUT2D eigenvalue weighted by Crippen LogP contribution is -2.03. The first-order valence-corrected chi connectivity index (χ1v) is 7.12. The summed E-state index contributed by atoms with van der Waals surface area (Å²) in [5, 5.41) is 0. The zero-order chi connectivity index (χ0) is 14.7. The summed E-state index contributed by atoms with van der Waals surface area (Å²) >= 11 is 0. The van der Waals surface area contributed by atoms with Gasteiger partial charge in [-0.2, -0.15) is 0 Å². The molecule has 2 aromatic carbocycles. The van der Waals surface area contributed by atoms with E-state index < -0.39 is 0 Å². The fourth-order valence-corrected chi connectivity index (χ4v) is 2.45. The van der Waals surface area contributed by atoms with Crippen LogP contribution < -0.4 is 4.74 Å². The second-order valence-corrected chi connectivity index (χ2v) is 5.22. The minimum absolute atomic E-state index is 0.790. The Kier molecular flexibility index (Phi) is 3.74. The molecule has 0 fully saturated rings. The molecule has 0 unspecified atom stereocenters. The maximum atomic E-state index is 6.12. The minimum atomic E-state index is 0.790. The van der Waals surface area contributed by atoms with E-state index in [9.17, 15) is 0 Å². The smallest absolute Gasteiger partial charge is 0.134 e. The molecule has 0 saturated carbocycles. The van der Waals surface area contributed by atoms with Crippen molar-refractivity contribution in [1.82, 2.24) is 0 Å². The van der Waals surface area contributed by atoms with Crippen molar-refractivity contribution in [2.45, 2.75) is 13.3 Å². The van der Waals surface area contributed by atoms with Crippen LogP contribution in [0.4, 0.5) is 0 Å². The predicted octanol–water partition coefficient (Wildman–Crippen LogP) is 5.08. The first-order valence-electron chi connectivity index (χ1n) is 7.12. The Morgan fingerprint density at radius 1 is 1.00 bits per heavy atom. The van der Waals surface area contributed by atoms with Gasteiger partial charge in [-0.25, -0.2) is 0 Å². The van der Waals surface area contributed by atoms with Crippen LogP contribution in [0.1, 0.15) is 16.7 Å². The molecular formula is C20H18O. The van der Waals surface area contributed by atoms with Crippen LogP contribution >= 0.6 is 0 Å². The van der Waals surface area contributed by atoms with Gasteiger partial charge in [0.2, 0.25) is 0 Å². The highest BCUT2D eigenvalue weighted by Crippen LogP contribution is 2.29. The molecule has 104 valence electrons. The van der Waals surface area contributed by atoms with E-state index in [2.05, 4.69) is 37.8 Å². The number of ether oxygens (including phenoxy) is 1. The molecule has 0 bridgehead atoms. The molecule has 0 aliphatic carbocycles. The predicted molar refractivity (Wildman–Crippen MR) is 88.2 cm³/mol. The van der Waals surface area contributed by atoms with Gasteiger partial charge in [0.25, 0.3) is 0 Å². The molecular weight excluding hydrogens is 256 g/mol. The molecule has 1 nitrogen and oxygen atoms in total. The maximum absolute atomic E-state index is 6.12. The summed E-state index contributed by atoms with van der Waals surface area (Å²) in [4.78, 5) is 0. The number of rotatable bonds is 2. The monoisotopic (exact) mass is 274 g/mol. The van der Waals surface area contributed by atoms with E-state index in [1.807, 2.05) is 42.5 Å². The van der Waals surface area contributed by atoms with Crippen LogP contribution in [-0.2, 0) is 6.42 Å². The molecule has 2 aromatic rings. The quantitative estimate of drug-likeness (QED) is 0.741. The van der Waals surface area contributed by atoms with Crippen molar-refractivity contribution in [2.75, 3.05) is 0 Å². The summed E-state index contributed by atoms with van der Waals surface area (Å²) in [6.45, 7) is 6.21. The van der Waals surface area contributed by atoms with Crippen molar-refractivity contribution < 1.29 is 4.74 Å². The number of para-hydroxylation sites is 1. The summed E-state index contributed by atoms with van der Waals surface area (Å²) in [7, 11) is 0. The molecule has 1 aliphatic rings. The van der Waals surface area contributed by atoms with E-state index in [4.69, 9.17) is 4.74 Å². The minimum Gasteiger partial charge on any atom is -0.461 e. The molecule has 0 aromatic heterocycles. The summed E-state index contributed by atoms with van der Waals surface area (Å²) in [6, 6.07) is 16.4. The molecule has 0 spiro atoms. The van der Waals surface area contributed by atoms with Gasteiger partial charge in [-0.15, -0.1) is 0 Å². The molecule has 0 atom stereocenters. The van der Waals surface area contributed by atoms with Crippen molar-refractivity contribution in [3.63, 3.8) is 0 Å². The number of hydrogen-bond acceptors (Lipinski definition) is 1. The Hall–Kier alpha value is -2.54. The zero-order valence-corrected chi connectivity index (χ0v) is 12.2. The highest BCUT2D eigenvalue weighted by Gasteiger charge is 2.11. The van der Waals surface area contributed by atoms with Gasteiger partial charge in [0.05, 0.1) is 0 Å². The molecule has 0 saturated heterocycles. The number of allylic oxidation sites excluding steroid dienone is 5. The largest absolute Gasteiger partial charge is 0.461 e. The summed E-state index contributed by atoms with van der Waals surface area (Å²) < 4.78 is 6.12. The van der Waals surface area contributed by atoms with Crippen LogP contribution in [0.2, 0.25) is 0 Å². The van der Waals surface area contributed by atoms with Gasteiger partial charge in [0, 0.05) is 12.0 Å². The third-order valence-corrected chi connectivity index (χ3v) is 3.68. The van der Waals surface area contributed by atoms with Gasteiger partial charge in [0.1, 0.15) is 11.5 Å². The molecule has 0 radical (unpaired) electrons. The van der Waals surface area contributed by atoms with Crippen LogP contribution in [-0.4, -0.2) is 0 Å². The summed E-state index contributed by atoms with van der Waals surface area (Å²) in [5.41, 5.74) is 4.58. The van der Waals surface area contributed by atoms with Crippen molar-refractivity contribution in [3.8, 4) is 5.75 Å². The second-order valence-electron chi connectivity index (χ2n) is 5.22. The highest BCUT2D eigenvalue weighted by molar-refractivity contribution is 5.76. The van der Waals surface area contributed by atoms with E-state index in [1.54, 1.807) is 0 Å². The van der Waals surface area contributed by atoms with E-state index in [0.717, 1.165) is 29.1 Å². The Labute approximate surface area is 125 Å². The maximum Gasteiger partial charge on any atom is 0.134 e. The van der Waals surface area contributed by atoms with Gasteiger partial charge in [-0.05, 0) is 35.8 Å². The zero-order valence-electron chi connectivity index (χ0n) is 12.2. The lowest BCUT2D eigenvalue weighted by molar-refractivity contribution is 0.411. The van der Waals surface area contributed by atoms with Gasteiger partial charge < -0.3 is 4.74 Å². The molecule has 1 heterocycles. The third-order valence-electron chi connectivity index (χ3n) is 3.68.